The lowest BCUT2D eigenvalue weighted by Gasteiger charge is -2.32. The number of amides is 1. The van der Waals surface area contributed by atoms with Crippen molar-refractivity contribution < 1.29 is 18.3 Å². The third-order valence-corrected chi connectivity index (χ3v) is 4.89. The van der Waals surface area contributed by atoms with Crippen LogP contribution in [0.15, 0.2) is 59.7 Å². The number of nitrogens with one attached hydrogen (secondary N) is 1. The fourth-order valence-electron chi connectivity index (χ4n) is 3.36. The zero-order chi connectivity index (χ0) is 22.2. The van der Waals surface area contributed by atoms with Gasteiger partial charge in [-0.25, -0.2) is 18.8 Å². The van der Waals surface area contributed by atoms with Gasteiger partial charge in [-0.05, 0) is 55.5 Å². The standard InChI is InChI=1S/C22H15F2N5O2/c1-22(16-8-13(23)3-7-19(16)31-21(26)29-22)15-9-14(4-5-17(15)24)28-20(30)18-6-2-12(10-25)11-27-18/h2-9,11H,1H3,(H2,26,29)(H,28,30). The molecule has 0 saturated heterocycles. The second-order valence-corrected chi connectivity index (χ2v) is 6.96. The number of carbonyl (C=O) groups excluding carboxylic acids is 1. The Kier molecular flexibility index (Phi) is 4.83. The summed E-state index contributed by atoms with van der Waals surface area (Å²) in [6, 6.07) is 12.3. The third-order valence-electron chi connectivity index (χ3n) is 4.89. The van der Waals surface area contributed by atoms with Crippen LogP contribution in [-0.4, -0.2) is 16.9 Å². The number of halogens is 2. The largest absolute Gasteiger partial charge is 0.426 e. The Labute approximate surface area is 175 Å². The molecule has 0 spiro atoms. The van der Waals surface area contributed by atoms with Crippen LogP contribution in [0, 0.1) is 23.0 Å². The number of pyridine rings is 1. The summed E-state index contributed by atoms with van der Waals surface area (Å²) in [5, 5.41) is 11.5. The van der Waals surface area contributed by atoms with E-state index in [0.717, 1.165) is 0 Å². The summed E-state index contributed by atoms with van der Waals surface area (Å²) >= 11 is 0. The predicted octanol–water partition coefficient (Wildman–Crippen LogP) is 3.45. The highest BCUT2D eigenvalue weighted by atomic mass is 19.1. The maximum atomic E-state index is 14.9. The first-order chi connectivity index (χ1) is 14.8. The summed E-state index contributed by atoms with van der Waals surface area (Å²) in [6.45, 7) is 1.58. The van der Waals surface area contributed by atoms with Crippen LogP contribution in [0.2, 0.25) is 0 Å². The molecule has 3 aromatic rings. The molecule has 1 atom stereocenters. The van der Waals surface area contributed by atoms with Crippen LogP contribution in [0.5, 0.6) is 5.75 Å². The van der Waals surface area contributed by atoms with E-state index in [1.54, 1.807) is 6.92 Å². The summed E-state index contributed by atoms with van der Waals surface area (Å²) < 4.78 is 34.1. The fourth-order valence-corrected chi connectivity index (χ4v) is 3.36. The molecule has 1 aliphatic rings. The Hall–Kier alpha value is -4.32. The van der Waals surface area contributed by atoms with Crippen molar-refractivity contribution >= 4 is 17.6 Å². The van der Waals surface area contributed by atoms with Crippen molar-refractivity contribution in [2.45, 2.75) is 12.5 Å². The number of nitrogens with zero attached hydrogens (tertiary/aromatic N) is 3. The molecular weight excluding hydrogens is 404 g/mol. The van der Waals surface area contributed by atoms with Gasteiger partial charge in [0.15, 0.2) is 0 Å². The van der Waals surface area contributed by atoms with Crippen molar-refractivity contribution in [2.24, 2.45) is 10.7 Å². The number of aliphatic imine (C=N–C) groups is 1. The summed E-state index contributed by atoms with van der Waals surface area (Å²) in [7, 11) is 0. The lowest BCUT2D eigenvalue weighted by atomic mass is 9.83. The van der Waals surface area contributed by atoms with Crippen LogP contribution in [0.3, 0.4) is 0 Å². The van der Waals surface area contributed by atoms with Crippen LogP contribution in [0.4, 0.5) is 14.5 Å². The number of fused-ring (bicyclic) bond motifs is 1. The Morgan fingerprint density at radius 2 is 1.97 bits per heavy atom. The molecular formula is C22H15F2N5O2. The first-order valence-corrected chi connectivity index (χ1v) is 9.11. The Balaban J connectivity index is 1.73. The molecule has 154 valence electrons. The molecule has 3 N–H and O–H groups in total. The first-order valence-electron chi connectivity index (χ1n) is 9.11. The lowest BCUT2D eigenvalue weighted by Crippen LogP contribution is -2.35. The highest BCUT2D eigenvalue weighted by molar-refractivity contribution is 6.02. The molecule has 2 heterocycles. The van der Waals surface area contributed by atoms with E-state index < -0.39 is 23.1 Å². The molecule has 2 aromatic carbocycles. The third kappa shape index (κ3) is 3.67. The Morgan fingerprint density at radius 3 is 2.68 bits per heavy atom. The van der Waals surface area contributed by atoms with Crippen molar-refractivity contribution in [3.05, 3.63) is 88.7 Å². The van der Waals surface area contributed by atoms with E-state index in [4.69, 9.17) is 15.7 Å². The van der Waals surface area contributed by atoms with Crippen molar-refractivity contribution in [1.82, 2.24) is 4.98 Å². The van der Waals surface area contributed by atoms with E-state index >= 15 is 0 Å². The number of nitriles is 1. The monoisotopic (exact) mass is 419 g/mol. The van der Waals surface area contributed by atoms with E-state index in [9.17, 15) is 13.6 Å². The molecule has 7 nitrogen and oxygen atoms in total. The summed E-state index contributed by atoms with van der Waals surface area (Å²) in [4.78, 5) is 20.7. The number of nitrogens with two attached hydrogens (primary N) is 1. The van der Waals surface area contributed by atoms with Gasteiger partial charge >= 0.3 is 0 Å². The molecule has 4 rings (SSSR count). The van der Waals surface area contributed by atoms with Crippen LogP contribution in [0.1, 0.15) is 34.1 Å². The zero-order valence-electron chi connectivity index (χ0n) is 16.2. The minimum absolute atomic E-state index is 0.0659. The van der Waals surface area contributed by atoms with Gasteiger partial charge in [-0.3, -0.25) is 4.79 Å². The lowest BCUT2D eigenvalue weighted by molar-refractivity contribution is 0.102. The number of rotatable bonds is 3. The molecule has 1 unspecified atom stereocenters. The number of aromatic nitrogens is 1. The molecule has 1 aliphatic heterocycles. The quantitative estimate of drug-likeness (QED) is 0.675. The number of benzene rings is 2. The fraction of sp³-hybridized carbons (Fsp3) is 0.0909. The van der Waals surface area contributed by atoms with Gasteiger partial charge in [-0.15, -0.1) is 0 Å². The Morgan fingerprint density at radius 1 is 1.16 bits per heavy atom. The highest BCUT2D eigenvalue weighted by Gasteiger charge is 2.38. The van der Waals surface area contributed by atoms with Crippen molar-refractivity contribution in [3.63, 3.8) is 0 Å². The van der Waals surface area contributed by atoms with E-state index in [1.807, 2.05) is 6.07 Å². The van der Waals surface area contributed by atoms with Crippen LogP contribution in [0.25, 0.3) is 0 Å². The summed E-state index contributed by atoms with van der Waals surface area (Å²) in [5.74, 6) is -1.45. The predicted molar refractivity (Wildman–Crippen MR) is 108 cm³/mol. The highest BCUT2D eigenvalue weighted by Crippen LogP contribution is 2.43. The molecule has 0 bridgehead atoms. The van der Waals surface area contributed by atoms with Crippen LogP contribution >= 0.6 is 0 Å². The van der Waals surface area contributed by atoms with Gasteiger partial charge in [0.05, 0.1) is 5.56 Å². The molecule has 1 aromatic heterocycles. The van der Waals surface area contributed by atoms with E-state index in [0.29, 0.717) is 5.56 Å². The summed E-state index contributed by atoms with van der Waals surface area (Å²) in [5.41, 5.74) is 5.41. The summed E-state index contributed by atoms with van der Waals surface area (Å²) in [6.07, 6.45) is 1.27. The topological polar surface area (TPSA) is 113 Å². The van der Waals surface area contributed by atoms with Crippen LogP contribution in [-0.2, 0) is 5.54 Å². The van der Waals surface area contributed by atoms with Gasteiger partial charge < -0.3 is 15.8 Å². The number of anilines is 1. The number of ether oxygens (including phenoxy) is 1. The van der Waals surface area contributed by atoms with Gasteiger partial charge in [-0.1, -0.05) is 0 Å². The molecule has 9 heteroatoms. The molecule has 0 radical (unpaired) electrons. The smallest absolute Gasteiger partial charge is 0.288 e. The number of hydrogen-bond acceptors (Lipinski definition) is 6. The van der Waals surface area contributed by atoms with Gasteiger partial charge in [0.1, 0.15) is 34.7 Å². The van der Waals surface area contributed by atoms with Crippen molar-refractivity contribution in [2.75, 3.05) is 5.32 Å². The van der Waals surface area contributed by atoms with Gasteiger partial charge in [-0.2, -0.15) is 5.26 Å². The number of amidine groups is 1. The van der Waals surface area contributed by atoms with Gasteiger partial charge in [0.2, 0.25) is 0 Å². The van der Waals surface area contributed by atoms with Gasteiger partial charge in [0, 0.05) is 23.0 Å². The van der Waals surface area contributed by atoms with E-state index in [1.165, 1.54) is 54.7 Å². The maximum absolute atomic E-state index is 14.9. The molecule has 0 saturated carbocycles. The van der Waals surface area contributed by atoms with E-state index in [2.05, 4.69) is 15.3 Å². The Bertz CT molecular complexity index is 1270. The minimum atomic E-state index is -1.39. The minimum Gasteiger partial charge on any atom is -0.426 e. The second kappa shape index (κ2) is 7.50. The van der Waals surface area contributed by atoms with Crippen molar-refractivity contribution in [1.29, 1.82) is 5.26 Å². The van der Waals surface area contributed by atoms with Crippen LogP contribution < -0.4 is 15.8 Å². The second-order valence-electron chi connectivity index (χ2n) is 6.96. The number of hydrogen-bond donors (Lipinski definition) is 2. The molecule has 0 fully saturated rings. The average molecular weight is 419 g/mol. The number of carbonyl (C=O) groups is 1. The normalized spacial score (nSPS) is 17.0. The SMILES string of the molecule is CC1(c2cc(NC(=O)c3ccc(C#N)cn3)ccc2F)N=C(N)Oc2ccc(F)cc21. The zero-order valence-corrected chi connectivity index (χ0v) is 16.2. The molecule has 31 heavy (non-hydrogen) atoms. The average Bonchev–Trinajstić information content (AvgIpc) is 2.75. The van der Waals surface area contributed by atoms with E-state index in [-0.39, 0.29) is 34.3 Å². The molecule has 1 amide bonds. The first kappa shape index (κ1) is 20.0. The maximum Gasteiger partial charge on any atom is 0.288 e. The van der Waals surface area contributed by atoms with Crippen molar-refractivity contribution in [3.8, 4) is 11.8 Å². The molecule has 0 aliphatic carbocycles. The van der Waals surface area contributed by atoms with Gasteiger partial charge in [0.25, 0.3) is 11.9 Å².